The molecule has 3 rings (SSSR count). The highest BCUT2D eigenvalue weighted by Gasteiger charge is 2.17. The van der Waals surface area contributed by atoms with Gasteiger partial charge in [0.15, 0.2) is 0 Å². The van der Waals surface area contributed by atoms with Gasteiger partial charge in [-0.2, -0.15) is 0 Å². The number of carbonyl (C=O) groups excluding carboxylic acids is 1. The number of hydrogen-bond acceptors (Lipinski definition) is 4. The van der Waals surface area contributed by atoms with Gasteiger partial charge in [-0.15, -0.1) is 12.4 Å². The van der Waals surface area contributed by atoms with Crippen LogP contribution in [-0.2, 0) is 11.3 Å². The van der Waals surface area contributed by atoms with Crippen molar-refractivity contribution >= 4 is 29.5 Å². The number of carbonyl (C=O) groups is 1. The van der Waals surface area contributed by atoms with Crippen molar-refractivity contribution in [1.82, 2.24) is 19.8 Å². The molecule has 0 radical (unpaired) electrons. The van der Waals surface area contributed by atoms with Crippen molar-refractivity contribution in [3.05, 3.63) is 34.7 Å². The summed E-state index contributed by atoms with van der Waals surface area (Å²) >= 11 is 0. The van der Waals surface area contributed by atoms with Crippen LogP contribution in [0.15, 0.2) is 29.1 Å². The van der Waals surface area contributed by atoms with E-state index >= 15 is 0 Å². The number of ether oxygens (including phenoxy) is 1. The van der Waals surface area contributed by atoms with Crippen LogP contribution in [0, 0.1) is 0 Å². The zero-order chi connectivity index (χ0) is 14.7. The van der Waals surface area contributed by atoms with Crippen LogP contribution >= 0.6 is 12.4 Å². The molecule has 2 aromatic rings. The molecule has 0 atom stereocenters. The number of H-pyrrole nitrogens is 1. The highest BCUT2D eigenvalue weighted by atomic mass is 35.5. The van der Waals surface area contributed by atoms with Crippen molar-refractivity contribution in [1.29, 1.82) is 0 Å². The van der Waals surface area contributed by atoms with Crippen LogP contribution in [0.3, 0.4) is 0 Å². The summed E-state index contributed by atoms with van der Waals surface area (Å²) in [4.78, 5) is 28.2. The molecule has 22 heavy (non-hydrogen) atoms. The van der Waals surface area contributed by atoms with E-state index in [0.29, 0.717) is 19.6 Å². The fourth-order valence-corrected chi connectivity index (χ4v) is 2.49. The zero-order valence-electron chi connectivity index (χ0n) is 12.1. The Morgan fingerprint density at radius 2 is 1.95 bits per heavy atom. The lowest BCUT2D eigenvalue weighted by Crippen LogP contribution is -2.46. The molecular formula is C14H19ClN4O3. The van der Waals surface area contributed by atoms with E-state index in [1.807, 2.05) is 24.3 Å². The molecular weight excluding hydrogens is 308 g/mol. The Labute approximate surface area is 133 Å². The summed E-state index contributed by atoms with van der Waals surface area (Å²) in [6, 6.07) is 7.46. The maximum absolute atomic E-state index is 11.9. The van der Waals surface area contributed by atoms with Gasteiger partial charge in [0.2, 0.25) is 0 Å². The monoisotopic (exact) mass is 326 g/mol. The third-order valence-corrected chi connectivity index (χ3v) is 3.60. The largest absolute Gasteiger partial charge is 0.448 e. The second-order valence-electron chi connectivity index (χ2n) is 4.95. The van der Waals surface area contributed by atoms with E-state index in [0.717, 1.165) is 24.1 Å². The van der Waals surface area contributed by atoms with Crippen molar-refractivity contribution in [2.75, 3.05) is 32.8 Å². The Kier molecular flexibility index (Phi) is 5.46. The predicted octanol–water partition coefficient (Wildman–Crippen LogP) is 0.793. The topological polar surface area (TPSA) is 79.4 Å². The minimum absolute atomic E-state index is 0. The van der Waals surface area contributed by atoms with E-state index in [1.54, 1.807) is 9.47 Å². The number of aromatic nitrogens is 2. The van der Waals surface area contributed by atoms with Crippen LogP contribution in [0.25, 0.3) is 11.0 Å². The first-order valence-corrected chi connectivity index (χ1v) is 7.06. The first-order valence-electron chi connectivity index (χ1n) is 7.06. The molecule has 1 aliphatic rings. The number of amides is 1. The Balaban J connectivity index is 0.00000176. The molecule has 1 aromatic carbocycles. The number of aromatic amines is 1. The predicted molar refractivity (Wildman–Crippen MR) is 85.6 cm³/mol. The Bertz CT molecular complexity index is 691. The van der Waals surface area contributed by atoms with Gasteiger partial charge in [0.25, 0.3) is 0 Å². The van der Waals surface area contributed by atoms with Gasteiger partial charge in [-0.3, -0.25) is 4.57 Å². The van der Waals surface area contributed by atoms with E-state index in [9.17, 15) is 9.59 Å². The van der Waals surface area contributed by atoms with Gasteiger partial charge < -0.3 is 19.9 Å². The highest BCUT2D eigenvalue weighted by molar-refractivity contribution is 5.85. The molecule has 2 heterocycles. The Morgan fingerprint density at radius 3 is 2.73 bits per heavy atom. The third kappa shape index (κ3) is 3.42. The SMILES string of the molecule is Cl.O=C(OCCn1c(=O)[nH]c2ccccc21)N1CCNCC1. The molecule has 8 heteroatoms. The van der Waals surface area contributed by atoms with Crippen molar-refractivity contribution in [2.24, 2.45) is 0 Å². The molecule has 0 bridgehead atoms. The smallest absolute Gasteiger partial charge is 0.409 e. The minimum atomic E-state index is -0.315. The molecule has 0 spiro atoms. The first-order chi connectivity index (χ1) is 10.3. The number of hydrogen-bond donors (Lipinski definition) is 2. The molecule has 1 aliphatic heterocycles. The van der Waals surface area contributed by atoms with E-state index < -0.39 is 0 Å². The highest BCUT2D eigenvalue weighted by Crippen LogP contribution is 2.08. The van der Waals surface area contributed by atoms with Crippen molar-refractivity contribution in [3.8, 4) is 0 Å². The van der Waals surface area contributed by atoms with Crippen LogP contribution in [0.2, 0.25) is 0 Å². The van der Waals surface area contributed by atoms with Crippen LogP contribution in [0.4, 0.5) is 4.79 Å². The first kappa shape index (κ1) is 16.4. The fourth-order valence-electron chi connectivity index (χ4n) is 2.49. The normalized spacial score (nSPS) is 14.6. The molecule has 7 nitrogen and oxygen atoms in total. The summed E-state index contributed by atoms with van der Waals surface area (Å²) in [6.45, 7) is 3.43. The second-order valence-corrected chi connectivity index (χ2v) is 4.95. The van der Waals surface area contributed by atoms with E-state index in [4.69, 9.17) is 4.74 Å². The number of nitrogens with one attached hydrogen (secondary N) is 2. The molecule has 1 aromatic heterocycles. The van der Waals surface area contributed by atoms with E-state index in [1.165, 1.54) is 0 Å². The number of imidazole rings is 1. The number of piperazine rings is 1. The zero-order valence-corrected chi connectivity index (χ0v) is 12.9. The fraction of sp³-hybridized carbons (Fsp3) is 0.429. The lowest BCUT2D eigenvalue weighted by atomic mass is 10.3. The van der Waals surface area contributed by atoms with Crippen molar-refractivity contribution in [3.63, 3.8) is 0 Å². The van der Waals surface area contributed by atoms with Crippen LogP contribution in [-0.4, -0.2) is 53.3 Å². The summed E-state index contributed by atoms with van der Waals surface area (Å²) < 4.78 is 6.83. The molecule has 1 amide bonds. The maximum atomic E-state index is 11.9. The summed E-state index contributed by atoms with van der Waals surface area (Å²) in [5.74, 6) is 0. The number of halogens is 1. The number of fused-ring (bicyclic) bond motifs is 1. The van der Waals surface area contributed by atoms with Crippen molar-refractivity contribution in [2.45, 2.75) is 6.54 Å². The lowest BCUT2D eigenvalue weighted by Gasteiger charge is -2.26. The summed E-state index contributed by atoms with van der Waals surface area (Å²) in [6.07, 6.45) is -0.315. The summed E-state index contributed by atoms with van der Waals surface area (Å²) in [7, 11) is 0. The van der Waals surface area contributed by atoms with Crippen molar-refractivity contribution < 1.29 is 9.53 Å². The Morgan fingerprint density at radius 1 is 1.23 bits per heavy atom. The quantitative estimate of drug-likeness (QED) is 0.874. The van der Waals surface area contributed by atoms with Crippen LogP contribution in [0.5, 0.6) is 0 Å². The third-order valence-electron chi connectivity index (χ3n) is 3.60. The standard InChI is InChI=1S/C14H18N4O3.ClH/c19-13-16-11-3-1-2-4-12(11)18(13)9-10-21-14(20)17-7-5-15-6-8-17;/h1-4,15H,5-10H2,(H,16,19);1H. The Hall–Kier alpha value is -1.99. The van der Waals surface area contributed by atoms with E-state index in [-0.39, 0.29) is 30.8 Å². The van der Waals surface area contributed by atoms with Gasteiger partial charge in [-0.05, 0) is 12.1 Å². The average Bonchev–Trinajstić information content (AvgIpc) is 2.84. The lowest BCUT2D eigenvalue weighted by molar-refractivity contribution is 0.0947. The van der Waals surface area contributed by atoms with Gasteiger partial charge >= 0.3 is 11.8 Å². The second kappa shape index (κ2) is 7.33. The summed E-state index contributed by atoms with van der Waals surface area (Å²) in [5.41, 5.74) is 1.42. The van der Waals surface area contributed by atoms with E-state index in [2.05, 4.69) is 10.3 Å². The van der Waals surface area contributed by atoms with Gasteiger partial charge in [0.05, 0.1) is 17.6 Å². The number of para-hydroxylation sites is 2. The van der Waals surface area contributed by atoms with Gasteiger partial charge in [-0.25, -0.2) is 9.59 Å². The molecule has 2 N–H and O–H groups in total. The molecule has 0 unspecified atom stereocenters. The van der Waals surface area contributed by atoms with Gasteiger partial charge in [0, 0.05) is 26.2 Å². The summed E-state index contributed by atoms with van der Waals surface area (Å²) in [5, 5.41) is 3.18. The molecule has 1 saturated heterocycles. The van der Waals surface area contributed by atoms with Crippen LogP contribution in [0.1, 0.15) is 0 Å². The average molecular weight is 327 g/mol. The molecule has 0 saturated carbocycles. The minimum Gasteiger partial charge on any atom is -0.448 e. The molecule has 0 aliphatic carbocycles. The number of rotatable bonds is 3. The van der Waals surface area contributed by atoms with Crippen LogP contribution < -0.4 is 11.0 Å². The van der Waals surface area contributed by atoms with Gasteiger partial charge in [0.1, 0.15) is 6.61 Å². The molecule has 120 valence electrons. The number of nitrogens with zero attached hydrogens (tertiary/aromatic N) is 2. The maximum Gasteiger partial charge on any atom is 0.409 e. The van der Waals surface area contributed by atoms with Gasteiger partial charge in [-0.1, -0.05) is 12.1 Å². The number of benzene rings is 1. The molecule has 1 fully saturated rings.